The van der Waals surface area contributed by atoms with Gasteiger partial charge in [0.25, 0.3) is 0 Å². The van der Waals surface area contributed by atoms with Crippen molar-refractivity contribution in [2.75, 3.05) is 13.7 Å². The minimum atomic E-state index is -0.154. The summed E-state index contributed by atoms with van der Waals surface area (Å²) >= 11 is 6.06. The molecule has 2 rings (SSSR count). The fourth-order valence-electron chi connectivity index (χ4n) is 1.82. The zero-order valence-electron chi connectivity index (χ0n) is 11.4. The first-order chi connectivity index (χ1) is 9.61. The summed E-state index contributed by atoms with van der Waals surface area (Å²) in [5.74, 6) is 0.885. The lowest BCUT2D eigenvalue weighted by Gasteiger charge is -2.10. The van der Waals surface area contributed by atoms with Crippen LogP contribution < -0.4 is 9.47 Å². The van der Waals surface area contributed by atoms with E-state index < -0.39 is 0 Å². The molecule has 20 heavy (non-hydrogen) atoms. The molecular weight excluding hydrogens is 276 g/mol. The molecule has 4 heteroatoms. The smallest absolute Gasteiger partial charge is 0.203 e. The van der Waals surface area contributed by atoms with Gasteiger partial charge in [0.05, 0.1) is 17.7 Å². The zero-order chi connectivity index (χ0) is 14.5. The lowest BCUT2D eigenvalue weighted by atomic mass is 10.1. The number of carbonyl (C=O) groups is 1. The number of carbonyl (C=O) groups excluding carboxylic acids is 1. The highest BCUT2D eigenvalue weighted by atomic mass is 35.5. The normalized spacial score (nSPS) is 10.2. The van der Waals surface area contributed by atoms with Crippen molar-refractivity contribution in [1.29, 1.82) is 0 Å². The van der Waals surface area contributed by atoms with E-state index in [4.69, 9.17) is 21.1 Å². The van der Waals surface area contributed by atoms with Crippen LogP contribution in [-0.4, -0.2) is 19.5 Å². The van der Waals surface area contributed by atoms with Crippen LogP contribution in [0.1, 0.15) is 15.9 Å². The maximum absolute atomic E-state index is 12.1. The van der Waals surface area contributed by atoms with Crippen molar-refractivity contribution in [3.8, 4) is 11.5 Å². The van der Waals surface area contributed by atoms with Gasteiger partial charge >= 0.3 is 0 Å². The van der Waals surface area contributed by atoms with E-state index in [-0.39, 0.29) is 12.4 Å². The Morgan fingerprint density at radius 2 is 1.90 bits per heavy atom. The van der Waals surface area contributed by atoms with E-state index in [2.05, 4.69) is 0 Å². The number of halogens is 1. The Labute approximate surface area is 123 Å². The molecule has 0 heterocycles. The summed E-state index contributed by atoms with van der Waals surface area (Å²) in [5.41, 5.74) is 1.54. The third-order valence-electron chi connectivity index (χ3n) is 2.85. The zero-order valence-corrected chi connectivity index (χ0v) is 12.1. The van der Waals surface area contributed by atoms with Crippen LogP contribution in [0.5, 0.6) is 11.5 Å². The second kappa shape index (κ2) is 6.44. The fourth-order valence-corrected chi connectivity index (χ4v) is 2.11. The molecule has 0 aliphatic heterocycles. The average Bonchev–Trinajstić information content (AvgIpc) is 2.46. The molecule has 0 bridgehead atoms. The molecule has 0 spiro atoms. The van der Waals surface area contributed by atoms with Crippen LogP contribution in [0.25, 0.3) is 0 Å². The number of para-hydroxylation sites is 1. The molecule has 0 unspecified atom stereocenters. The second-order valence-corrected chi connectivity index (χ2v) is 4.75. The Hall–Kier alpha value is -2.00. The molecular formula is C16H15ClO3. The van der Waals surface area contributed by atoms with Crippen LogP contribution in [-0.2, 0) is 0 Å². The number of methoxy groups -OCH3 is 1. The molecule has 0 aromatic heterocycles. The maximum atomic E-state index is 12.1. The van der Waals surface area contributed by atoms with E-state index in [1.54, 1.807) is 30.3 Å². The highest BCUT2D eigenvalue weighted by Gasteiger charge is 2.13. The molecule has 0 saturated carbocycles. The van der Waals surface area contributed by atoms with Gasteiger partial charge in [-0.3, -0.25) is 4.79 Å². The van der Waals surface area contributed by atoms with Gasteiger partial charge in [-0.15, -0.1) is 0 Å². The summed E-state index contributed by atoms with van der Waals surface area (Å²) in [7, 11) is 1.53. The summed E-state index contributed by atoms with van der Waals surface area (Å²) in [4.78, 5) is 12.1. The first-order valence-electron chi connectivity index (χ1n) is 6.17. The van der Waals surface area contributed by atoms with Crippen molar-refractivity contribution in [3.63, 3.8) is 0 Å². The van der Waals surface area contributed by atoms with Gasteiger partial charge in [0.2, 0.25) is 5.78 Å². The molecule has 2 aromatic rings. The number of hydrogen-bond acceptors (Lipinski definition) is 3. The SMILES string of the molecule is COc1ccccc1C(=O)COc1ccc(C)cc1Cl. The topological polar surface area (TPSA) is 35.5 Å². The Morgan fingerprint density at radius 1 is 1.15 bits per heavy atom. The van der Waals surface area contributed by atoms with Crippen LogP contribution in [0.3, 0.4) is 0 Å². The molecule has 0 radical (unpaired) electrons. The van der Waals surface area contributed by atoms with Gasteiger partial charge in [-0.1, -0.05) is 29.8 Å². The standard InChI is InChI=1S/C16H15ClO3/c1-11-7-8-16(13(17)9-11)20-10-14(18)12-5-3-4-6-15(12)19-2/h3-9H,10H2,1-2H3. The van der Waals surface area contributed by atoms with Crippen LogP contribution >= 0.6 is 11.6 Å². The molecule has 3 nitrogen and oxygen atoms in total. The average molecular weight is 291 g/mol. The van der Waals surface area contributed by atoms with Crippen molar-refractivity contribution in [2.45, 2.75) is 6.92 Å². The maximum Gasteiger partial charge on any atom is 0.203 e. The summed E-state index contributed by atoms with van der Waals surface area (Å²) in [6, 6.07) is 12.5. The largest absolute Gasteiger partial charge is 0.496 e. The van der Waals surface area contributed by atoms with Crippen molar-refractivity contribution in [2.24, 2.45) is 0 Å². The molecule has 0 fully saturated rings. The molecule has 0 N–H and O–H groups in total. The van der Waals surface area contributed by atoms with Gasteiger partial charge in [-0.25, -0.2) is 0 Å². The molecule has 0 aliphatic rings. The third-order valence-corrected chi connectivity index (χ3v) is 3.15. The predicted octanol–water partition coefficient (Wildman–Crippen LogP) is 3.92. The van der Waals surface area contributed by atoms with E-state index in [0.29, 0.717) is 22.1 Å². The number of hydrogen-bond donors (Lipinski definition) is 0. The Bertz CT molecular complexity index is 623. The van der Waals surface area contributed by atoms with Crippen molar-refractivity contribution in [1.82, 2.24) is 0 Å². The number of rotatable bonds is 5. The number of aryl methyl sites for hydroxylation is 1. The minimum absolute atomic E-state index is 0.0802. The second-order valence-electron chi connectivity index (χ2n) is 4.35. The van der Waals surface area contributed by atoms with Gasteiger partial charge in [0.15, 0.2) is 6.61 Å². The monoisotopic (exact) mass is 290 g/mol. The Morgan fingerprint density at radius 3 is 2.60 bits per heavy atom. The number of benzene rings is 2. The van der Waals surface area contributed by atoms with Crippen molar-refractivity contribution >= 4 is 17.4 Å². The van der Waals surface area contributed by atoms with E-state index in [0.717, 1.165) is 5.56 Å². The Kier molecular flexibility index (Phi) is 4.64. The molecule has 0 aliphatic carbocycles. The van der Waals surface area contributed by atoms with Crippen LogP contribution in [0.15, 0.2) is 42.5 Å². The molecule has 0 amide bonds. The van der Waals surface area contributed by atoms with Crippen molar-refractivity contribution in [3.05, 3.63) is 58.6 Å². The van der Waals surface area contributed by atoms with Crippen LogP contribution in [0.2, 0.25) is 5.02 Å². The Balaban J connectivity index is 2.09. The van der Waals surface area contributed by atoms with Crippen molar-refractivity contribution < 1.29 is 14.3 Å². The van der Waals surface area contributed by atoms with E-state index in [1.807, 2.05) is 19.1 Å². The quantitative estimate of drug-likeness (QED) is 0.783. The number of ether oxygens (including phenoxy) is 2. The third kappa shape index (κ3) is 3.31. The molecule has 0 atom stereocenters. The van der Waals surface area contributed by atoms with E-state index >= 15 is 0 Å². The first-order valence-corrected chi connectivity index (χ1v) is 6.55. The van der Waals surface area contributed by atoms with E-state index in [9.17, 15) is 4.79 Å². The van der Waals surface area contributed by atoms with Gasteiger partial charge in [0, 0.05) is 0 Å². The summed E-state index contributed by atoms with van der Waals surface area (Å²) in [5, 5.41) is 0.498. The van der Waals surface area contributed by atoms with Gasteiger partial charge < -0.3 is 9.47 Å². The molecule has 2 aromatic carbocycles. The lowest BCUT2D eigenvalue weighted by Crippen LogP contribution is -2.12. The molecule has 0 saturated heterocycles. The number of Topliss-reactive ketones (excluding diaryl/α,β-unsaturated/α-hetero) is 1. The summed E-state index contributed by atoms with van der Waals surface area (Å²) in [6.45, 7) is 1.86. The predicted molar refractivity (Wildman–Crippen MR) is 79.0 cm³/mol. The van der Waals surface area contributed by atoms with Gasteiger partial charge in [-0.2, -0.15) is 0 Å². The number of ketones is 1. The fraction of sp³-hybridized carbons (Fsp3) is 0.188. The molecule has 104 valence electrons. The summed E-state index contributed by atoms with van der Waals surface area (Å²) in [6.07, 6.45) is 0. The first kappa shape index (κ1) is 14.4. The summed E-state index contributed by atoms with van der Waals surface area (Å²) < 4.78 is 10.6. The highest BCUT2D eigenvalue weighted by molar-refractivity contribution is 6.32. The van der Waals surface area contributed by atoms with Gasteiger partial charge in [-0.05, 0) is 36.8 Å². The minimum Gasteiger partial charge on any atom is -0.496 e. The highest BCUT2D eigenvalue weighted by Crippen LogP contribution is 2.25. The van der Waals surface area contributed by atoms with Crippen LogP contribution in [0, 0.1) is 6.92 Å². The van der Waals surface area contributed by atoms with Crippen LogP contribution in [0.4, 0.5) is 0 Å². The van der Waals surface area contributed by atoms with E-state index in [1.165, 1.54) is 7.11 Å². The lowest BCUT2D eigenvalue weighted by molar-refractivity contribution is 0.0918. The van der Waals surface area contributed by atoms with Gasteiger partial charge in [0.1, 0.15) is 11.5 Å².